The number of carbonyl (C=O) groups is 1. The second kappa shape index (κ2) is 7.10. The first-order valence-corrected chi connectivity index (χ1v) is 8.86. The molecule has 0 unspecified atom stereocenters. The fraction of sp³-hybridized carbons (Fsp3) is 0.0952. The van der Waals surface area contributed by atoms with Gasteiger partial charge >= 0.3 is 0 Å². The molecule has 1 aliphatic heterocycles. The van der Waals surface area contributed by atoms with Crippen LogP contribution in [0.2, 0.25) is 5.02 Å². The van der Waals surface area contributed by atoms with Crippen LogP contribution < -0.4 is 5.32 Å². The van der Waals surface area contributed by atoms with Crippen LogP contribution in [0.25, 0.3) is 22.9 Å². The van der Waals surface area contributed by atoms with Gasteiger partial charge in [-0.3, -0.25) is 9.48 Å². The van der Waals surface area contributed by atoms with Crippen molar-refractivity contribution in [3.63, 3.8) is 0 Å². The van der Waals surface area contributed by atoms with Crippen LogP contribution in [0.15, 0.2) is 54.7 Å². The third-order valence-electron chi connectivity index (χ3n) is 4.35. The lowest BCUT2D eigenvalue weighted by molar-refractivity contribution is -0.110. The topological polar surface area (TPSA) is 70.7 Å². The van der Waals surface area contributed by atoms with E-state index in [-0.39, 0.29) is 5.91 Å². The number of nitrogens with one attached hydrogen (secondary N) is 1. The Labute approximate surface area is 161 Å². The fourth-order valence-corrected chi connectivity index (χ4v) is 3.27. The number of nitriles is 1. The lowest BCUT2D eigenvalue weighted by Gasteiger charge is -2.01. The summed E-state index contributed by atoms with van der Waals surface area (Å²) in [6.45, 7) is 0.494. The first-order chi connectivity index (χ1) is 13.2. The standard InChI is InChI=1S/C21H15ClN4O/c22-16-7-8-19-17(12-16)18(21(27)24-19)11-15-13-26(10-4-9-23)25-20(15)14-5-2-1-3-6-14/h1-3,5-8,11-13H,4,10H2,(H,24,27). The van der Waals surface area contributed by atoms with Gasteiger partial charge < -0.3 is 5.32 Å². The molecule has 0 bridgehead atoms. The van der Waals surface area contributed by atoms with Crippen molar-refractivity contribution in [3.05, 3.63) is 70.9 Å². The van der Waals surface area contributed by atoms with E-state index in [1.165, 1.54) is 0 Å². The van der Waals surface area contributed by atoms with Gasteiger partial charge in [0, 0.05) is 39.2 Å². The van der Waals surface area contributed by atoms with Gasteiger partial charge in [0.15, 0.2) is 0 Å². The van der Waals surface area contributed by atoms with Crippen molar-refractivity contribution in [2.75, 3.05) is 5.32 Å². The number of rotatable bonds is 4. The second-order valence-corrected chi connectivity index (χ2v) is 6.61. The zero-order chi connectivity index (χ0) is 18.8. The summed E-state index contributed by atoms with van der Waals surface area (Å²) in [5.41, 5.74) is 4.60. The maximum absolute atomic E-state index is 12.5. The molecule has 2 heterocycles. The lowest BCUT2D eigenvalue weighted by atomic mass is 10.0. The van der Waals surface area contributed by atoms with E-state index in [4.69, 9.17) is 16.9 Å². The molecule has 1 aromatic heterocycles. The molecule has 1 amide bonds. The third-order valence-corrected chi connectivity index (χ3v) is 4.59. The van der Waals surface area contributed by atoms with Crippen LogP contribution in [0.3, 0.4) is 0 Å². The van der Waals surface area contributed by atoms with Crippen LogP contribution in [0.1, 0.15) is 17.5 Å². The van der Waals surface area contributed by atoms with E-state index >= 15 is 0 Å². The Morgan fingerprint density at radius 3 is 2.81 bits per heavy atom. The highest BCUT2D eigenvalue weighted by Gasteiger charge is 2.25. The van der Waals surface area contributed by atoms with Crippen molar-refractivity contribution in [3.8, 4) is 17.3 Å². The van der Waals surface area contributed by atoms with E-state index in [2.05, 4.69) is 16.5 Å². The van der Waals surface area contributed by atoms with Crippen LogP contribution in [0.5, 0.6) is 0 Å². The molecular weight excluding hydrogens is 360 g/mol. The molecule has 132 valence electrons. The number of fused-ring (bicyclic) bond motifs is 1. The van der Waals surface area contributed by atoms with Crippen LogP contribution in [-0.2, 0) is 11.3 Å². The van der Waals surface area contributed by atoms with Crippen molar-refractivity contribution in [1.29, 1.82) is 5.26 Å². The summed E-state index contributed by atoms with van der Waals surface area (Å²) >= 11 is 6.11. The number of aryl methyl sites for hydroxylation is 1. The van der Waals surface area contributed by atoms with E-state index in [0.717, 1.165) is 28.1 Å². The van der Waals surface area contributed by atoms with Gasteiger partial charge in [0.05, 0.1) is 24.7 Å². The minimum Gasteiger partial charge on any atom is -0.321 e. The third kappa shape index (κ3) is 3.35. The highest BCUT2D eigenvalue weighted by Crippen LogP contribution is 2.36. The van der Waals surface area contributed by atoms with E-state index in [9.17, 15) is 4.79 Å². The lowest BCUT2D eigenvalue weighted by Crippen LogP contribution is -2.03. The number of hydrogen-bond donors (Lipinski definition) is 1. The first kappa shape index (κ1) is 17.1. The first-order valence-electron chi connectivity index (χ1n) is 8.48. The van der Waals surface area contributed by atoms with Crippen molar-refractivity contribution in [1.82, 2.24) is 9.78 Å². The molecule has 0 saturated heterocycles. The average molecular weight is 375 g/mol. The summed E-state index contributed by atoms with van der Waals surface area (Å²) in [5, 5.41) is 16.9. The molecule has 1 aliphatic rings. The van der Waals surface area contributed by atoms with Crippen molar-refractivity contribution in [2.24, 2.45) is 0 Å². The van der Waals surface area contributed by atoms with E-state index < -0.39 is 0 Å². The summed E-state index contributed by atoms with van der Waals surface area (Å²) in [4.78, 5) is 12.5. The summed E-state index contributed by atoms with van der Waals surface area (Å²) in [5.74, 6) is -0.170. The van der Waals surface area contributed by atoms with Gasteiger partial charge in [-0.05, 0) is 24.3 Å². The Hall–Kier alpha value is -3.36. The molecule has 27 heavy (non-hydrogen) atoms. The highest BCUT2D eigenvalue weighted by atomic mass is 35.5. The Morgan fingerprint density at radius 1 is 1.22 bits per heavy atom. The number of anilines is 1. The number of benzene rings is 2. The van der Waals surface area contributed by atoms with E-state index in [0.29, 0.717) is 23.6 Å². The Balaban J connectivity index is 1.83. The summed E-state index contributed by atoms with van der Waals surface area (Å²) in [7, 11) is 0. The zero-order valence-electron chi connectivity index (χ0n) is 14.3. The molecule has 1 N–H and O–H groups in total. The molecule has 5 nitrogen and oxygen atoms in total. The summed E-state index contributed by atoms with van der Waals surface area (Å²) < 4.78 is 1.74. The molecule has 0 radical (unpaired) electrons. The molecule has 6 heteroatoms. The molecule has 2 aromatic carbocycles. The van der Waals surface area contributed by atoms with Gasteiger partial charge in [0.1, 0.15) is 0 Å². The van der Waals surface area contributed by atoms with Crippen LogP contribution in [0.4, 0.5) is 5.69 Å². The molecule has 3 aromatic rings. The summed E-state index contributed by atoms with van der Waals surface area (Å²) in [6, 6.07) is 17.2. The Kier molecular flexibility index (Phi) is 4.49. The number of carbonyl (C=O) groups excluding carboxylic acids is 1. The van der Waals surface area contributed by atoms with Crippen molar-refractivity contribution < 1.29 is 4.79 Å². The van der Waals surface area contributed by atoms with Gasteiger partial charge in [-0.2, -0.15) is 10.4 Å². The van der Waals surface area contributed by atoms with Gasteiger partial charge in [-0.1, -0.05) is 41.9 Å². The monoisotopic (exact) mass is 374 g/mol. The maximum atomic E-state index is 12.5. The van der Waals surface area contributed by atoms with Gasteiger partial charge in [-0.25, -0.2) is 0 Å². The van der Waals surface area contributed by atoms with Gasteiger partial charge in [0.25, 0.3) is 5.91 Å². The minimum atomic E-state index is -0.170. The molecule has 0 aliphatic carbocycles. The molecular formula is C21H15ClN4O. The number of aromatic nitrogens is 2. The smallest absolute Gasteiger partial charge is 0.256 e. The molecule has 4 rings (SSSR count). The largest absolute Gasteiger partial charge is 0.321 e. The van der Waals surface area contributed by atoms with Gasteiger partial charge in [0.2, 0.25) is 0 Å². The maximum Gasteiger partial charge on any atom is 0.256 e. The molecule has 0 atom stereocenters. The predicted molar refractivity (Wildman–Crippen MR) is 106 cm³/mol. The summed E-state index contributed by atoms with van der Waals surface area (Å²) in [6.07, 6.45) is 4.06. The van der Waals surface area contributed by atoms with Crippen LogP contribution in [-0.4, -0.2) is 15.7 Å². The quantitative estimate of drug-likeness (QED) is 0.678. The average Bonchev–Trinajstić information content (AvgIpc) is 3.22. The SMILES string of the molecule is N#CCCn1cc(C=C2C(=O)Nc3ccc(Cl)cc32)c(-c2ccccc2)n1. The molecule has 0 saturated carbocycles. The van der Waals surface area contributed by atoms with Crippen LogP contribution >= 0.6 is 11.6 Å². The number of nitrogens with zero attached hydrogens (tertiary/aromatic N) is 3. The second-order valence-electron chi connectivity index (χ2n) is 6.17. The van der Waals surface area contributed by atoms with E-state index in [1.54, 1.807) is 22.9 Å². The normalized spacial score (nSPS) is 14.1. The highest BCUT2D eigenvalue weighted by molar-refractivity contribution is 6.36. The molecule has 0 spiro atoms. The number of hydrogen-bond acceptors (Lipinski definition) is 3. The van der Waals surface area contributed by atoms with Crippen molar-refractivity contribution in [2.45, 2.75) is 13.0 Å². The minimum absolute atomic E-state index is 0.170. The fourth-order valence-electron chi connectivity index (χ4n) is 3.10. The number of halogens is 1. The number of amides is 1. The van der Waals surface area contributed by atoms with Crippen LogP contribution in [0, 0.1) is 11.3 Å². The van der Waals surface area contributed by atoms with E-state index in [1.807, 2.05) is 42.6 Å². The van der Waals surface area contributed by atoms with Crippen molar-refractivity contribution >= 4 is 34.8 Å². The predicted octanol–water partition coefficient (Wildman–Crippen LogP) is 4.61. The Bertz CT molecular complexity index is 1090. The zero-order valence-corrected chi connectivity index (χ0v) is 15.1. The molecule has 0 fully saturated rings. The van der Waals surface area contributed by atoms with Gasteiger partial charge in [-0.15, -0.1) is 0 Å². The Morgan fingerprint density at radius 2 is 2.04 bits per heavy atom.